The Hall–Kier alpha value is -1.61. The van der Waals surface area contributed by atoms with Gasteiger partial charge in [-0.1, -0.05) is 45.0 Å². The second-order valence-corrected chi connectivity index (χ2v) is 6.59. The van der Waals surface area contributed by atoms with Crippen LogP contribution in [-0.4, -0.2) is 16.0 Å². The molecule has 0 bridgehead atoms. The molecule has 0 saturated carbocycles. The van der Waals surface area contributed by atoms with Crippen LogP contribution >= 0.6 is 0 Å². The van der Waals surface area contributed by atoms with Gasteiger partial charge in [-0.25, -0.2) is 4.98 Å². The van der Waals surface area contributed by atoms with Gasteiger partial charge in [0.15, 0.2) is 0 Å². The van der Waals surface area contributed by atoms with Crippen molar-refractivity contribution in [2.75, 3.05) is 0 Å². The molecule has 1 aromatic heterocycles. The zero-order chi connectivity index (χ0) is 14.8. The van der Waals surface area contributed by atoms with Crippen LogP contribution in [0.15, 0.2) is 30.5 Å². The molecule has 3 nitrogen and oxygen atoms in total. The molecular weight excluding hydrogens is 246 g/mol. The Balaban J connectivity index is 2.12. The Bertz CT molecular complexity index is 544. The summed E-state index contributed by atoms with van der Waals surface area (Å²) < 4.78 is 0. The van der Waals surface area contributed by atoms with E-state index in [0.29, 0.717) is 0 Å². The van der Waals surface area contributed by atoms with E-state index in [9.17, 15) is 0 Å². The summed E-state index contributed by atoms with van der Waals surface area (Å²) in [4.78, 5) is 7.80. The summed E-state index contributed by atoms with van der Waals surface area (Å²) >= 11 is 0. The van der Waals surface area contributed by atoms with Crippen LogP contribution in [0.25, 0.3) is 11.3 Å². The second kappa shape index (κ2) is 5.80. The highest BCUT2D eigenvalue weighted by Gasteiger charge is 2.13. The highest BCUT2D eigenvalue weighted by Crippen LogP contribution is 2.25. The number of H-pyrrole nitrogens is 1. The van der Waals surface area contributed by atoms with Gasteiger partial charge in [0.05, 0.1) is 11.9 Å². The van der Waals surface area contributed by atoms with Crippen molar-refractivity contribution in [2.45, 2.75) is 52.0 Å². The maximum absolute atomic E-state index is 5.77. The van der Waals surface area contributed by atoms with Crippen molar-refractivity contribution in [3.8, 4) is 11.3 Å². The van der Waals surface area contributed by atoms with Gasteiger partial charge in [-0.2, -0.15) is 0 Å². The molecule has 2 aromatic rings. The van der Waals surface area contributed by atoms with E-state index in [0.717, 1.165) is 24.4 Å². The van der Waals surface area contributed by atoms with Crippen LogP contribution in [0.3, 0.4) is 0 Å². The summed E-state index contributed by atoms with van der Waals surface area (Å²) in [5.74, 6) is 1.01. The second-order valence-electron chi connectivity index (χ2n) is 6.59. The first-order valence-electron chi connectivity index (χ1n) is 7.26. The Morgan fingerprint density at radius 2 is 1.85 bits per heavy atom. The first kappa shape index (κ1) is 14.8. The van der Waals surface area contributed by atoms with Crippen molar-refractivity contribution in [3.63, 3.8) is 0 Å². The highest BCUT2D eigenvalue weighted by atomic mass is 14.9. The fourth-order valence-corrected chi connectivity index (χ4v) is 2.15. The first-order valence-corrected chi connectivity index (χ1v) is 7.26. The standard InChI is InChI=1S/C17H25N3/c1-12(18)5-10-16-19-11-15(20-16)13-6-8-14(9-7-13)17(2,3)4/h6-9,11-12H,5,10,18H2,1-4H3,(H,19,20). The number of aromatic nitrogens is 2. The molecule has 0 aliphatic carbocycles. The summed E-state index contributed by atoms with van der Waals surface area (Å²) in [5.41, 5.74) is 9.56. The molecule has 20 heavy (non-hydrogen) atoms. The van der Waals surface area contributed by atoms with E-state index in [1.54, 1.807) is 0 Å². The number of nitrogens with zero attached hydrogens (tertiary/aromatic N) is 1. The molecule has 3 N–H and O–H groups in total. The molecule has 1 heterocycles. The molecule has 0 fully saturated rings. The van der Waals surface area contributed by atoms with Crippen molar-refractivity contribution in [1.82, 2.24) is 9.97 Å². The van der Waals surface area contributed by atoms with Crippen LogP contribution in [0, 0.1) is 0 Å². The van der Waals surface area contributed by atoms with Gasteiger partial charge < -0.3 is 10.7 Å². The molecule has 2 rings (SSSR count). The van der Waals surface area contributed by atoms with Gasteiger partial charge in [0.25, 0.3) is 0 Å². The molecule has 1 unspecified atom stereocenters. The number of aromatic amines is 1. The summed E-state index contributed by atoms with van der Waals surface area (Å²) in [6.07, 6.45) is 3.76. The van der Waals surface area contributed by atoms with Gasteiger partial charge in [0, 0.05) is 12.5 Å². The van der Waals surface area contributed by atoms with Crippen molar-refractivity contribution >= 4 is 0 Å². The minimum Gasteiger partial charge on any atom is -0.342 e. The van der Waals surface area contributed by atoms with E-state index in [2.05, 4.69) is 55.0 Å². The molecule has 1 aromatic carbocycles. The van der Waals surface area contributed by atoms with Crippen LogP contribution < -0.4 is 5.73 Å². The molecule has 0 spiro atoms. The molecule has 1 atom stereocenters. The van der Waals surface area contributed by atoms with E-state index < -0.39 is 0 Å². The molecule has 0 aliphatic heterocycles. The van der Waals surface area contributed by atoms with Gasteiger partial charge in [-0.05, 0) is 29.9 Å². The third kappa shape index (κ3) is 3.70. The maximum atomic E-state index is 5.77. The minimum atomic E-state index is 0.189. The topological polar surface area (TPSA) is 54.7 Å². The van der Waals surface area contributed by atoms with Crippen LogP contribution in [0.4, 0.5) is 0 Å². The zero-order valence-electron chi connectivity index (χ0n) is 12.9. The van der Waals surface area contributed by atoms with Gasteiger partial charge in [0.2, 0.25) is 0 Å². The summed E-state index contributed by atoms with van der Waals surface area (Å²) in [6, 6.07) is 8.91. The predicted octanol–water partition coefficient (Wildman–Crippen LogP) is 3.65. The summed E-state index contributed by atoms with van der Waals surface area (Å²) in [6.45, 7) is 8.70. The highest BCUT2D eigenvalue weighted by molar-refractivity contribution is 5.59. The molecule has 108 valence electrons. The Kier molecular flexibility index (Phi) is 4.29. The molecule has 0 amide bonds. The van der Waals surface area contributed by atoms with Crippen LogP contribution in [0.5, 0.6) is 0 Å². The SMILES string of the molecule is CC(N)CCc1ncc(-c2ccc(C(C)(C)C)cc2)[nH]1. The van der Waals surface area contributed by atoms with E-state index in [-0.39, 0.29) is 11.5 Å². The molecule has 0 radical (unpaired) electrons. The Labute approximate surface area is 121 Å². The van der Waals surface area contributed by atoms with E-state index in [1.807, 2.05) is 13.1 Å². The quantitative estimate of drug-likeness (QED) is 0.891. The molecule has 0 saturated heterocycles. The third-order valence-electron chi connectivity index (χ3n) is 3.53. The van der Waals surface area contributed by atoms with Crippen LogP contribution in [-0.2, 0) is 11.8 Å². The van der Waals surface area contributed by atoms with Gasteiger partial charge in [-0.15, -0.1) is 0 Å². The lowest BCUT2D eigenvalue weighted by Crippen LogP contribution is -2.15. The molecule has 3 heteroatoms. The summed E-state index contributed by atoms with van der Waals surface area (Å²) in [7, 11) is 0. The largest absolute Gasteiger partial charge is 0.342 e. The number of benzene rings is 1. The van der Waals surface area contributed by atoms with Gasteiger partial charge in [0.1, 0.15) is 5.82 Å². The fourth-order valence-electron chi connectivity index (χ4n) is 2.15. The number of hydrogen-bond donors (Lipinski definition) is 2. The normalized spacial score (nSPS) is 13.4. The minimum absolute atomic E-state index is 0.189. The Morgan fingerprint density at radius 1 is 1.20 bits per heavy atom. The molecular formula is C17H25N3. The third-order valence-corrected chi connectivity index (χ3v) is 3.53. The number of rotatable bonds is 4. The van der Waals surface area contributed by atoms with Crippen LogP contribution in [0.1, 0.15) is 45.5 Å². The fraction of sp³-hybridized carbons (Fsp3) is 0.471. The average molecular weight is 271 g/mol. The Morgan fingerprint density at radius 3 is 2.40 bits per heavy atom. The number of nitrogens with two attached hydrogens (primary N) is 1. The lowest BCUT2D eigenvalue weighted by molar-refractivity contribution is 0.590. The average Bonchev–Trinajstić information content (AvgIpc) is 2.84. The van der Waals surface area contributed by atoms with Crippen molar-refractivity contribution < 1.29 is 0 Å². The van der Waals surface area contributed by atoms with E-state index >= 15 is 0 Å². The monoisotopic (exact) mass is 271 g/mol. The number of aryl methyl sites for hydroxylation is 1. The predicted molar refractivity (Wildman–Crippen MR) is 84.7 cm³/mol. The van der Waals surface area contributed by atoms with Crippen LogP contribution in [0.2, 0.25) is 0 Å². The van der Waals surface area contributed by atoms with Crippen molar-refractivity contribution in [2.24, 2.45) is 5.73 Å². The smallest absolute Gasteiger partial charge is 0.106 e. The van der Waals surface area contributed by atoms with E-state index in [1.165, 1.54) is 11.1 Å². The zero-order valence-corrected chi connectivity index (χ0v) is 12.9. The molecule has 0 aliphatic rings. The van der Waals surface area contributed by atoms with Crippen molar-refractivity contribution in [3.05, 3.63) is 41.9 Å². The first-order chi connectivity index (χ1) is 9.36. The lowest BCUT2D eigenvalue weighted by Gasteiger charge is -2.18. The number of hydrogen-bond acceptors (Lipinski definition) is 2. The summed E-state index contributed by atoms with van der Waals surface area (Å²) in [5, 5.41) is 0. The maximum Gasteiger partial charge on any atom is 0.106 e. The van der Waals surface area contributed by atoms with Crippen molar-refractivity contribution in [1.29, 1.82) is 0 Å². The lowest BCUT2D eigenvalue weighted by atomic mass is 9.86. The number of imidazole rings is 1. The van der Waals surface area contributed by atoms with E-state index in [4.69, 9.17) is 5.73 Å². The number of nitrogens with one attached hydrogen (secondary N) is 1. The van der Waals surface area contributed by atoms with Gasteiger partial charge >= 0.3 is 0 Å². The van der Waals surface area contributed by atoms with Gasteiger partial charge in [-0.3, -0.25) is 0 Å².